The lowest BCUT2D eigenvalue weighted by atomic mass is 9.98. The molecule has 2 amide bonds. The van der Waals surface area contributed by atoms with Crippen LogP contribution in [0.1, 0.15) is 42.7 Å². The van der Waals surface area contributed by atoms with Crippen molar-refractivity contribution in [1.82, 2.24) is 10.2 Å². The molecule has 2 aromatic rings. The molecule has 1 aliphatic heterocycles. The van der Waals surface area contributed by atoms with Gasteiger partial charge in [0.2, 0.25) is 5.91 Å². The van der Waals surface area contributed by atoms with Gasteiger partial charge in [-0.25, -0.2) is 9.59 Å². The average molecular weight is 449 g/mol. The molecule has 0 spiro atoms. The standard InChI is InChI=1S/C26H28N2O5/c29-24(28-16-7-1-2-13-23(28)25(30)31)14-8-15-27-26(32)33-17-22-20-11-5-3-9-18(20)19-10-4-6-12-21(19)22/h3-6,8-12,14,22-23H,1-2,7,13,15-17H2,(H,27,32)(H,30,31)/b14-8+. The normalized spacial score (nSPS) is 17.8. The molecule has 1 fully saturated rings. The van der Waals surface area contributed by atoms with Crippen molar-refractivity contribution in [2.45, 2.75) is 37.6 Å². The largest absolute Gasteiger partial charge is 0.480 e. The fraction of sp³-hybridized carbons (Fsp3) is 0.346. The maximum absolute atomic E-state index is 12.5. The van der Waals surface area contributed by atoms with E-state index in [1.807, 2.05) is 24.3 Å². The summed E-state index contributed by atoms with van der Waals surface area (Å²) in [4.78, 5) is 37.6. The molecule has 1 heterocycles. The summed E-state index contributed by atoms with van der Waals surface area (Å²) in [7, 11) is 0. The van der Waals surface area contributed by atoms with Crippen molar-refractivity contribution in [2.24, 2.45) is 0 Å². The number of nitrogens with one attached hydrogen (secondary N) is 1. The Hall–Kier alpha value is -3.61. The summed E-state index contributed by atoms with van der Waals surface area (Å²) >= 11 is 0. The van der Waals surface area contributed by atoms with E-state index in [4.69, 9.17) is 4.74 Å². The summed E-state index contributed by atoms with van der Waals surface area (Å²) < 4.78 is 5.47. The van der Waals surface area contributed by atoms with Crippen molar-refractivity contribution in [3.05, 3.63) is 71.8 Å². The minimum atomic E-state index is -0.976. The number of rotatable bonds is 6. The number of benzene rings is 2. The Morgan fingerprint density at radius 1 is 1.00 bits per heavy atom. The highest BCUT2D eigenvalue weighted by molar-refractivity contribution is 5.91. The number of carboxylic acids is 1. The van der Waals surface area contributed by atoms with Crippen LogP contribution in [0.2, 0.25) is 0 Å². The number of ether oxygens (including phenoxy) is 1. The van der Waals surface area contributed by atoms with Crippen LogP contribution < -0.4 is 5.32 Å². The van der Waals surface area contributed by atoms with Gasteiger partial charge in [0.25, 0.3) is 0 Å². The fourth-order valence-electron chi connectivity index (χ4n) is 4.68. The molecule has 0 radical (unpaired) electrons. The molecule has 1 aliphatic carbocycles. The Kier molecular flexibility index (Phi) is 7.07. The van der Waals surface area contributed by atoms with E-state index in [2.05, 4.69) is 29.6 Å². The number of carboxylic acid groups (broad SMARTS) is 1. The van der Waals surface area contributed by atoms with E-state index < -0.39 is 18.1 Å². The molecule has 2 aromatic carbocycles. The topological polar surface area (TPSA) is 95.9 Å². The van der Waals surface area contributed by atoms with Gasteiger partial charge < -0.3 is 20.1 Å². The van der Waals surface area contributed by atoms with E-state index in [9.17, 15) is 19.5 Å². The zero-order valence-electron chi connectivity index (χ0n) is 18.4. The Labute approximate surface area is 193 Å². The summed E-state index contributed by atoms with van der Waals surface area (Å²) in [5.74, 6) is -1.34. The van der Waals surface area contributed by atoms with Gasteiger partial charge in [0.05, 0.1) is 0 Å². The highest BCUT2D eigenvalue weighted by Gasteiger charge is 2.30. The highest BCUT2D eigenvalue weighted by Crippen LogP contribution is 2.44. The van der Waals surface area contributed by atoms with E-state index in [0.29, 0.717) is 13.0 Å². The minimum Gasteiger partial charge on any atom is -0.480 e. The molecule has 1 saturated heterocycles. The van der Waals surface area contributed by atoms with Crippen molar-refractivity contribution < 1.29 is 24.2 Å². The Bertz CT molecular complexity index is 1020. The van der Waals surface area contributed by atoms with Gasteiger partial charge in [0.1, 0.15) is 12.6 Å². The number of nitrogens with zero attached hydrogens (tertiary/aromatic N) is 1. The second-order valence-corrected chi connectivity index (χ2v) is 8.34. The lowest BCUT2D eigenvalue weighted by Gasteiger charge is -2.25. The molecule has 0 aromatic heterocycles. The Morgan fingerprint density at radius 2 is 1.67 bits per heavy atom. The molecule has 0 saturated carbocycles. The number of likely N-dealkylation sites (tertiary alicyclic amines) is 1. The summed E-state index contributed by atoms with van der Waals surface area (Å²) in [5, 5.41) is 12.0. The first kappa shape index (κ1) is 22.6. The molecule has 0 bridgehead atoms. The van der Waals surface area contributed by atoms with Gasteiger partial charge in [-0.2, -0.15) is 0 Å². The first-order chi connectivity index (χ1) is 16.1. The molecular weight excluding hydrogens is 420 g/mol. The summed E-state index contributed by atoms with van der Waals surface area (Å²) in [6.45, 7) is 0.768. The lowest BCUT2D eigenvalue weighted by Crippen LogP contribution is -2.44. The van der Waals surface area contributed by atoms with Crippen LogP contribution in [0.4, 0.5) is 4.79 Å². The van der Waals surface area contributed by atoms with E-state index in [1.54, 1.807) is 0 Å². The molecule has 7 heteroatoms. The summed E-state index contributed by atoms with van der Waals surface area (Å²) in [6, 6.07) is 15.5. The van der Waals surface area contributed by atoms with Crippen molar-refractivity contribution in [3.63, 3.8) is 0 Å². The van der Waals surface area contributed by atoms with Crippen molar-refractivity contribution in [3.8, 4) is 11.1 Å². The fourth-order valence-corrected chi connectivity index (χ4v) is 4.68. The number of hydrogen-bond donors (Lipinski definition) is 2. The molecule has 2 aliphatic rings. The quantitative estimate of drug-likeness (QED) is 0.653. The van der Waals surface area contributed by atoms with Gasteiger partial charge in [-0.15, -0.1) is 0 Å². The molecule has 7 nitrogen and oxygen atoms in total. The predicted molar refractivity (Wildman–Crippen MR) is 124 cm³/mol. The number of aliphatic carboxylic acids is 1. The highest BCUT2D eigenvalue weighted by atomic mass is 16.5. The molecule has 33 heavy (non-hydrogen) atoms. The van der Waals surface area contributed by atoms with Gasteiger partial charge in [-0.3, -0.25) is 4.79 Å². The monoisotopic (exact) mass is 448 g/mol. The van der Waals surface area contributed by atoms with Crippen LogP contribution in [0, 0.1) is 0 Å². The third-order valence-corrected chi connectivity index (χ3v) is 6.29. The van der Waals surface area contributed by atoms with Gasteiger partial charge in [-0.05, 0) is 35.1 Å². The van der Waals surface area contributed by atoms with Gasteiger partial charge >= 0.3 is 12.1 Å². The molecule has 172 valence electrons. The molecule has 4 rings (SSSR count). The average Bonchev–Trinajstić information content (AvgIpc) is 2.96. The summed E-state index contributed by atoms with van der Waals surface area (Å²) in [6.07, 6.45) is 5.26. The lowest BCUT2D eigenvalue weighted by molar-refractivity contribution is -0.148. The van der Waals surface area contributed by atoms with Gasteiger partial charge in [0, 0.05) is 25.1 Å². The van der Waals surface area contributed by atoms with Crippen molar-refractivity contribution in [2.75, 3.05) is 19.7 Å². The maximum Gasteiger partial charge on any atom is 0.407 e. The van der Waals surface area contributed by atoms with E-state index >= 15 is 0 Å². The minimum absolute atomic E-state index is 0.0174. The number of fused-ring (bicyclic) bond motifs is 3. The third kappa shape index (κ3) is 5.08. The number of hydrogen-bond acceptors (Lipinski definition) is 4. The predicted octanol–water partition coefficient (Wildman–Crippen LogP) is 3.94. The Balaban J connectivity index is 1.28. The maximum atomic E-state index is 12.5. The zero-order valence-corrected chi connectivity index (χ0v) is 18.4. The van der Waals surface area contributed by atoms with Crippen LogP contribution in [-0.4, -0.2) is 53.7 Å². The number of carbonyl (C=O) groups is 3. The van der Waals surface area contributed by atoms with Crippen LogP contribution in [-0.2, 0) is 14.3 Å². The van der Waals surface area contributed by atoms with E-state index in [-0.39, 0.29) is 25.0 Å². The van der Waals surface area contributed by atoms with Gasteiger partial charge in [0.15, 0.2) is 0 Å². The van der Waals surface area contributed by atoms with Gasteiger partial charge in [-0.1, -0.05) is 67.4 Å². The summed E-state index contributed by atoms with van der Waals surface area (Å²) in [5.41, 5.74) is 4.61. The van der Waals surface area contributed by atoms with Crippen LogP contribution in [0.5, 0.6) is 0 Å². The Morgan fingerprint density at radius 3 is 2.33 bits per heavy atom. The number of alkyl carbamates (subject to hydrolysis) is 1. The zero-order chi connectivity index (χ0) is 23.2. The second-order valence-electron chi connectivity index (χ2n) is 8.34. The molecule has 2 N–H and O–H groups in total. The van der Waals surface area contributed by atoms with Crippen LogP contribution >= 0.6 is 0 Å². The second kappa shape index (κ2) is 10.3. The van der Waals surface area contributed by atoms with E-state index in [1.165, 1.54) is 17.1 Å². The SMILES string of the molecule is O=C(NC/C=C/C(=O)N1CCCCCC1C(=O)O)OCC1c2ccccc2-c2ccccc21. The molecule has 1 atom stereocenters. The molecule has 1 unspecified atom stereocenters. The third-order valence-electron chi connectivity index (χ3n) is 6.29. The number of carbonyl (C=O) groups excluding carboxylic acids is 2. The molecular formula is C26H28N2O5. The van der Waals surface area contributed by atoms with E-state index in [0.717, 1.165) is 41.5 Å². The van der Waals surface area contributed by atoms with Crippen LogP contribution in [0.15, 0.2) is 60.7 Å². The number of amides is 2. The smallest absolute Gasteiger partial charge is 0.407 e. The van der Waals surface area contributed by atoms with Crippen LogP contribution in [0.25, 0.3) is 11.1 Å². The first-order valence-corrected chi connectivity index (χ1v) is 11.3. The van der Waals surface area contributed by atoms with Crippen molar-refractivity contribution in [1.29, 1.82) is 0 Å². The van der Waals surface area contributed by atoms with Crippen molar-refractivity contribution >= 4 is 18.0 Å². The first-order valence-electron chi connectivity index (χ1n) is 11.3. The van der Waals surface area contributed by atoms with Crippen LogP contribution in [0.3, 0.4) is 0 Å².